The number of sulfonamides is 1. The molecule has 2 rings (SSSR count). The quantitative estimate of drug-likeness (QED) is 0.642. The summed E-state index contributed by atoms with van der Waals surface area (Å²) >= 11 is 5.70. The Balaban J connectivity index is 1.79. The molecule has 0 saturated carbocycles. The maximum absolute atomic E-state index is 13.4. The zero-order valence-electron chi connectivity index (χ0n) is 13.3. The Morgan fingerprint density at radius 1 is 1.00 bits per heavy atom. The number of benzene rings is 2. The van der Waals surface area contributed by atoms with Crippen molar-refractivity contribution in [1.82, 2.24) is 15.6 Å². The monoisotopic (exact) mass is 399 g/mol. The second-order valence-electron chi connectivity index (χ2n) is 5.08. The molecule has 0 aromatic heterocycles. The maximum Gasteiger partial charge on any atom is 0.272 e. The lowest BCUT2D eigenvalue weighted by molar-refractivity contribution is -0.121. The molecule has 26 heavy (non-hydrogen) atoms. The summed E-state index contributed by atoms with van der Waals surface area (Å²) in [4.78, 5) is 23.4. The highest BCUT2D eigenvalue weighted by Crippen LogP contribution is 2.13. The van der Waals surface area contributed by atoms with Crippen LogP contribution in [0.25, 0.3) is 0 Å². The van der Waals surface area contributed by atoms with Crippen molar-refractivity contribution in [2.75, 3.05) is 6.54 Å². The fourth-order valence-electron chi connectivity index (χ4n) is 1.90. The molecule has 0 aliphatic rings. The summed E-state index contributed by atoms with van der Waals surface area (Å²) in [5.41, 5.74) is 3.91. The third kappa shape index (κ3) is 5.51. The van der Waals surface area contributed by atoms with Gasteiger partial charge in [0, 0.05) is 18.0 Å². The smallest absolute Gasteiger partial charge is 0.272 e. The summed E-state index contributed by atoms with van der Waals surface area (Å²) in [6.45, 7) is -0.188. The number of halogens is 2. The van der Waals surface area contributed by atoms with Crippen LogP contribution >= 0.6 is 11.6 Å². The molecule has 3 N–H and O–H groups in total. The third-order valence-corrected chi connectivity index (χ3v) is 4.93. The van der Waals surface area contributed by atoms with Gasteiger partial charge in [0.1, 0.15) is 5.82 Å². The highest BCUT2D eigenvalue weighted by Gasteiger charge is 2.15. The van der Waals surface area contributed by atoms with Gasteiger partial charge in [-0.25, -0.2) is 17.5 Å². The van der Waals surface area contributed by atoms with E-state index >= 15 is 0 Å². The second-order valence-corrected chi connectivity index (χ2v) is 7.29. The van der Waals surface area contributed by atoms with Crippen LogP contribution in [0.15, 0.2) is 53.4 Å². The number of hydrogen-bond donors (Lipinski definition) is 3. The van der Waals surface area contributed by atoms with Crippen LogP contribution in [0.2, 0.25) is 5.02 Å². The number of hydrogen-bond acceptors (Lipinski definition) is 4. The number of nitrogens with one attached hydrogen (secondary N) is 3. The van der Waals surface area contributed by atoms with E-state index in [-0.39, 0.29) is 23.4 Å². The molecule has 0 unspecified atom stereocenters. The summed E-state index contributed by atoms with van der Waals surface area (Å²) in [5.74, 6) is -2.19. The summed E-state index contributed by atoms with van der Waals surface area (Å²) < 4.78 is 39.7. The zero-order chi connectivity index (χ0) is 19.2. The minimum absolute atomic E-state index is 0.00941. The average Bonchev–Trinajstić information content (AvgIpc) is 2.60. The SMILES string of the molecule is O=C(CCNS(=O)(=O)c1ccc(Cl)cc1)NNC(=O)c1ccccc1F. The van der Waals surface area contributed by atoms with Crippen LogP contribution in [-0.4, -0.2) is 26.8 Å². The summed E-state index contributed by atoms with van der Waals surface area (Å²) in [5, 5.41) is 0.397. The minimum atomic E-state index is -3.78. The first-order chi connectivity index (χ1) is 12.3. The Hall–Kier alpha value is -2.49. The van der Waals surface area contributed by atoms with Crippen LogP contribution in [-0.2, 0) is 14.8 Å². The van der Waals surface area contributed by atoms with Crippen molar-refractivity contribution in [3.8, 4) is 0 Å². The Bertz CT molecular complexity index is 904. The first kappa shape index (κ1) is 19.8. The van der Waals surface area contributed by atoms with Crippen LogP contribution in [0, 0.1) is 5.82 Å². The van der Waals surface area contributed by atoms with Crippen LogP contribution < -0.4 is 15.6 Å². The van der Waals surface area contributed by atoms with Crippen molar-refractivity contribution < 1.29 is 22.4 Å². The van der Waals surface area contributed by atoms with Gasteiger partial charge in [-0.15, -0.1) is 0 Å². The Morgan fingerprint density at radius 2 is 1.65 bits per heavy atom. The summed E-state index contributed by atoms with van der Waals surface area (Å²) in [6, 6.07) is 10.8. The minimum Gasteiger partial charge on any atom is -0.273 e. The fraction of sp³-hybridized carbons (Fsp3) is 0.125. The van der Waals surface area contributed by atoms with Crippen LogP contribution in [0.3, 0.4) is 0 Å². The van der Waals surface area contributed by atoms with E-state index in [0.29, 0.717) is 5.02 Å². The second kappa shape index (κ2) is 8.75. The van der Waals surface area contributed by atoms with Gasteiger partial charge < -0.3 is 0 Å². The highest BCUT2D eigenvalue weighted by molar-refractivity contribution is 7.89. The lowest BCUT2D eigenvalue weighted by atomic mass is 10.2. The molecule has 2 aromatic carbocycles. The average molecular weight is 400 g/mol. The molecular formula is C16H15ClFN3O4S. The molecule has 0 atom stereocenters. The number of rotatable bonds is 6. The van der Waals surface area contributed by atoms with E-state index in [9.17, 15) is 22.4 Å². The fourth-order valence-corrected chi connectivity index (χ4v) is 3.06. The van der Waals surface area contributed by atoms with E-state index in [4.69, 9.17) is 11.6 Å². The van der Waals surface area contributed by atoms with Gasteiger partial charge in [-0.1, -0.05) is 23.7 Å². The summed E-state index contributed by atoms with van der Waals surface area (Å²) in [6.07, 6.45) is -0.232. The van der Waals surface area contributed by atoms with Gasteiger partial charge in [0.15, 0.2) is 0 Å². The topological polar surface area (TPSA) is 104 Å². The van der Waals surface area contributed by atoms with Gasteiger partial charge in [0.2, 0.25) is 15.9 Å². The van der Waals surface area contributed by atoms with Gasteiger partial charge in [0.25, 0.3) is 5.91 Å². The van der Waals surface area contributed by atoms with Crippen molar-refractivity contribution in [2.24, 2.45) is 0 Å². The van der Waals surface area contributed by atoms with E-state index in [2.05, 4.69) is 15.6 Å². The van der Waals surface area contributed by atoms with Crippen LogP contribution in [0.5, 0.6) is 0 Å². The zero-order valence-corrected chi connectivity index (χ0v) is 14.9. The van der Waals surface area contributed by atoms with E-state index in [0.717, 1.165) is 6.07 Å². The summed E-state index contributed by atoms with van der Waals surface area (Å²) in [7, 11) is -3.78. The lowest BCUT2D eigenvalue weighted by Crippen LogP contribution is -2.43. The molecule has 0 saturated heterocycles. The van der Waals surface area contributed by atoms with Gasteiger partial charge in [-0.2, -0.15) is 0 Å². The lowest BCUT2D eigenvalue weighted by Gasteiger charge is -2.09. The van der Waals surface area contributed by atoms with Crippen molar-refractivity contribution in [3.63, 3.8) is 0 Å². The molecule has 0 bridgehead atoms. The molecule has 0 aliphatic heterocycles. The number of carbonyl (C=O) groups is 2. The van der Waals surface area contributed by atoms with E-state index < -0.39 is 27.7 Å². The van der Waals surface area contributed by atoms with E-state index in [1.807, 2.05) is 0 Å². The Labute approximate surface area is 154 Å². The predicted molar refractivity (Wildman–Crippen MR) is 93.3 cm³/mol. The molecule has 0 radical (unpaired) electrons. The Kier molecular flexibility index (Phi) is 6.67. The van der Waals surface area contributed by atoms with Gasteiger partial charge in [-0.3, -0.25) is 20.4 Å². The molecule has 2 aromatic rings. The standard InChI is InChI=1S/C16H15ClFN3O4S/c17-11-5-7-12(8-6-11)26(24,25)19-10-9-15(22)20-21-16(23)13-3-1-2-4-14(13)18/h1-8,19H,9-10H2,(H,20,22)(H,21,23). The van der Waals surface area contributed by atoms with Crippen molar-refractivity contribution in [1.29, 1.82) is 0 Å². The number of carbonyl (C=O) groups excluding carboxylic acids is 2. The molecule has 2 amide bonds. The van der Waals surface area contributed by atoms with E-state index in [1.54, 1.807) is 0 Å². The van der Waals surface area contributed by atoms with Crippen molar-refractivity contribution in [3.05, 3.63) is 64.9 Å². The molecule has 0 fully saturated rings. The van der Waals surface area contributed by atoms with Gasteiger partial charge in [0.05, 0.1) is 10.5 Å². The van der Waals surface area contributed by atoms with Gasteiger partial charge >= 0.3 is 0 Å². The molecule has 0 aliphatic carbocycles. The number of amides is 2. The normalized spacial score (nSPS) is 11.0. The van der Waals surface area contributed by atoms with Crippen molar-refractivity contribution in [2.45, 2.75) is 11.3 Å². The van der Waals surface area contributed by atoms with Gasteiger partial charge in [-0.05, 0) is 36.4 Å². The van der Waals surface area contributed by atoms with E-state index in [1.165, 1.54) is 42.5 Å². The van der Waals surface area contributed by atoms with Crippen molar-refractivity contribution >= 4 is 33.4 Å². The highest BCUT2D eigenvalue weighted by atomic mass is 35.5. The maximum atomic E-state index is 13.4. The van der Waals surface area contributed by atoms with Crippen LogP contribution in [0.4, 0.5) is 4.39 Å². The first-order valence-corrected chi connectivity index (χ1v) is 9.24. The Morgan fingerprint density at radius 3 is 2.31 bits per heavy atom. The third-order valence-electron chi connectivity index (χ3n) is 3.20. The molecular weight excluding hydrogens is 385 g/mol. The molecule has 0 spiro atoms. The number of hydrazine groups is 1. The molecule has 7 nitrogen and oxygen atoms in total. The predicted octanol–water partition coefficient (Wildman–Crippen LogP) is 1.61. The molecule has 138 valence electrons. The first-order valence-electron chi connectivity index (χ1n) is 7.38. The van der Waals surface area contributed by atoms with Crippen LogP contribution in [0.1, 0.15) is 16.8 Å². The largest absolute Gasteiger partial charge is 0.273 e. The molecule has 0 heterocycles. The molecule has 10 heteroatoms.